The first-order valence-electron chi connectivity index (χ1n) is 7.82. The fraction of sp³-hybridized carbons (Fsp3) is 0.412. The van der Waals surface area contributed by atoms with Crippen molar-refractivity contribution in [2.45, 2.75) is 19.1 Å². The van der Waals surface area contributed by atoms with E-state index in [4.69, 9.17) is 0 Å². The number of carbonyl (C=O) groups excluding carboxylic acids is 1. The van der Waals surface area contributed by atoms with E-state index in [-0.39, 0.29) is 0 Å². The summed E-state index contributed by atoms with van der Waals surface area (Å²) in [6.07, 6.45) is 1.10. The molecule has 3 rings (SSSR count). The van der Waals surface area contributed by atoms with Crippen LogP contribution in [0.25, 0.3) is 0 Å². The second-order valence-corrected chi connectivity index (χ2v) is 6.63. The zero-order valence-corrected chi connectivity index (χ0v) is 13.7. The lowest BCUT2D eigenvalue weighted by Crippen LogP contribution is -2.37. The molecule has 1 amide bonds. The van der Waals surface area contributed by atoms with Crippen LogP contribution in [0.3, 0.4) is 0 Å². The van der Waals surface area contributed by atoms with Gasteiger partial charge in [-0.3, -0.25) is 9.69 Å². The van der Waals surface area contributed by atoms with Gasteiger partial charge in [0.2, 0.25) is 6.17 Å². The molecule has 1 aliphatic heterocycles. The van der Waals surface area contributed by atoms with E-state index < -0.39 is 12.1 Å². The Morgan fingerprint density at radius 2 is 2.04 bits per heavy atom. The standard InChI is InChI=1S/C17H20FN3OS/c18-16(14-5-2-1-3-6-14)17(22)21-9-4-8-20(10-11-21)13-15-19-7-12-23-15/h1-3,5-7,12,16H,4,8-11,13H2. The number of halogens is 1. The van der Waals surface area contributed by atoms with Crippen LogP contribution in [-0.2, 0) is 11.3 Å². The van der Waals surface area contributed by atoms with Crippen molar-refractivity contribution in [3.8, 4) is 0 Å². The van der Waals surface area contributed by atoms with E-state index in [0.29, 0.717) is 18.7 Å². The lowest BCUT2D eigenvalue weighted by atomic mass is 10.1. The highest BCUT2D eigenvalue weighted by Crippen LogP contribution is 2.21. The van der Waals surface area contributed by atoms with Crippen LogP contribution < -0.4 is 0 Å². The van der Waals surface area contributed by atoms with Gasteiger partial charge in [0.15, 0.2) is 0 Å². The average molecular weight is 333 g/mol. The third-order valence-electron chi connectivity index (χ3n) is 4.05. The molecule has 1 atom stereocenters. The van der Waals surface area contributed by atoms with Crippen LogP contribution in [0.15, 0.2) is 41.9 Å². The van der Waals surface area contributed by atoms with Gasteiger partial charge in [-0.1, -0.05) is 30.3 Å². The highest BCUT2D eigenvalue weighted by molar-refractivity contribution is 7.09. The Balaban J connectivity index is 1.58. The van der Waals surface area contributed by atoms with Crippen molar-refractivity contribution in [2.24, 2.45) is 0 Å². The van der Waals surface area contributed by atoms with Crippen LogP contribution in [0.4, 0.5) is 4.39 Å². The lowest BCUT2D eigenvalue weighted by Gasteiger charge is -2.23. The number of hydrogen-bond donors (Lipinski definition) is 0. The summed E-state index contributed by atoms with van der Waals surface area (Å²) in [4.78, 5) is 20.6. The summed E-state index contributed by atoms with van der Waals surface area (Å²) in [5.41, 5.74) is 0.432. The first-order valence-corrected chi connectivity index (χ1v) is 8.70. The molecule has 2 aromatic rings. The summed E-state index contributed by atoms with van der Waals surface area (Å²) >= 11 is 1.64. The fourth-order valence-electron chi connectivity index (χ4n) is 2.80. The number of aromatic nitrogens is 1. The highest BCUT2D eigenvalue weighted by atomic mass is 32.1. The van der Waals surface area contributed by atoms with Gasteiger partial charge < -0.3 is 4.90 Å². The summed E-state index contributed by atoms with van der Waals surface area (Å²) in [5, 5.41) is 3.05. The molecule has 1 saturated heterocycles. The van der Waals surface area contributed by atoms with Gasteiger partial charge in [-0.2, -0.15) is 0 Å². The van der Waals surface area contributed by atoms with E-state index in [9.17, 15) is 9.18 Å². The van der Waals surface area contributed by atoms with E-state index >= 15 is 0 Å². The zero-order chi connectivity index (χ0) is 16.1. The molecule has 122 valence electrons. The number of carbonyl (C=O) groups is 1. The van der Waals surface area contributed by atoms with Crippen LogP contribution in [-0.4, -0.2) is 46.9 Å². The fourth-order valence-corrected chi connectivity index (χ4v) is 3.45. The summed E-state index contributed by atoms with van der Waals surface area (Å²) < 4.78 is 14.4. The van der Waals surface area contributed by atoms with E-state index in [2.05, 4.69) is 9.88 Å². The van der Waals surface area contributed by atoms with Crippen molar-refractivity contribution in [2.75, 3.05) is 26.2 Å². The van der Waals surface area contributed by atoms with Crippen molar-refractivity contribution >= 4 is 17.2 Å². The molecular weight excluding hydrogens is 313 g/mol. The molecule has 1 unspecified atom stereocenters. The predicted octanol–water partition coefficient (Wildman–Crippen LogP) is 2.89. The van der Waals surface area contributed by atoms with E-state index in [0.717, 1.165) is 31.1 Å². The topological polar surface area (TPSA) is 36.4 Å². The molecule has 1 aliphatic rings. The molecular formula is C17H20FN3OS. The van der Waals surface area contributed by atoms with E-state index in [1.165, 1.54) is 0 Å². The number of hydrogen-bond acceptors (Lipinski definition) is 4. The van der Waals surface area contributed by atoms with Crippen molar-refractivity contribution in [1.29, 1.82) is 0 Å². The van der Waals surface area contributed by atoms with Gasteiger partial charge in [0.1, 0.15) is 5.01 Å². The Morgan fingerprint density at radius 1 is 1.22 bits per heavy atom. The van der Waals surface area contributed by atoms with Crippen LogP contribution in [0, 0.1) is 0 Å². The summed E-state index contributed by atoms with van der Waals surface area (Å²) in [6.45, 7) is 3.65. The SMILES string of the molecule is O=C(C(F)c1ccccc1)N1CCCN(Cc2nccs2)CC1. The van der Waals surface area contributed by atoms with Crippen LogP contribution in [0.2, 0.25) is 0 Å². The summed E-state index contributed by atoms with van der Waals surface area (Å²) in [7, 11) is 0. The molecule has 4 nitrogen and oxygen atoms in total. The quantitative estimate of drug-likeness (QED) is 0.863. The normalized spacial score (nSPS) is 17.7. The molecule has 1 aromatic heterocycles. The molecule has 2 heterocycles. The summed E-state index contributed by atoms with van der Waals surface area (Å²) in [6, 6.07) is 8.66. The maximum atomic E-state index is 14.4. The Hall–Kier alpha value is -1.79. The lowest BCUT2D eigenvalue weighted by molar-refractivity contribution is -0.136. The van der Waals surface area contributed by atoms with Crippen molar-refractivity contribution in [3.05, 3.63) is 52.5 Å². The van der Waals surface area contributed by atoms with Crippen molar-refractivity contribution < 1.29 is 9.18 Å². The van der Waals surface area contributed by atoms with Gasteiger partial charge in [-0.25, -0.2) is 9.37 Å². The van der Waals surface area contributed by atoms with Gasteiger partial charge in [0, 0.05) is 37.8 Å². The molecule has 6 heteroatoms. The van der Waals surface area contributed by atoms with Gasteiger partial charge in [-0.15, -0.1) is 11.3 Å². The molecule has 0 bridgehead atoms. The first kappa shape index (κ1) is 16.1. The molecule has 0 saturated carbocycles. The monoisotopic (exact) mass is 333 g/mol. The minimum atomic E-state index is -1.57. The second kappa shape index (κ2) is 7.66. The Kier molecular flexibility index (Phi) is 5.35. The number of alkyl halides is 1. The Bertz CT molecular complexity index is 620. The van der Waals surface area contributed by atoms with Crippen molar-refractivity contribution in [3.63, 3.8) is 0 Å². The summed E-state index contributed by atoms with van der Waals surface area (Å²) in [5.74, 6) is -0.424. The minimum absolute atomic E-state index is 0.424. The number of benzene rings is 1. The maximum absolute atomic E-state index is 14.4. The van der Waals surface area contributed by atoms with Crippen LogP contribution >= 0.6 is 11.3 Å². The smallest absolute Gasteiger partial charge is 0.261 e. The largest absolute Gasteiger partial charge is 0.339 e. The van der Waals surface area contributed by atoms with Gasteiger partial charge in [0.05, 0.1) is 6.54 Å². The molecule has 0 N–H and O–H groups in total. The maximum Gasteiger partial charge on any atom is 0.261 e. The third kappa shape index (κ3) is 4.14. The highest BCUT2D eigenvalue weighted by Gasteiger charge is 2.27. The molecule has 23 heavy (non-hydrogen) atoms. The molecule has 0 aliphatic carbocycles. The van der Waals surface area contributed by atoms with E-state index in [1.54, 1.807) is 46.7 Å². The molecule has 0 radical (unpaired) electrons. The van der Waals surface area contributed by atoms with Gasteiger partial charge in [-0.05, 0) is 12.0 Å². The number of amides is 1. The zero-order valence-electron chi connectivity index (χ0n) is 12.9. The number of nitrogens with zero attached hydrogens (tertiary/aromatic N) is 3. The van der Waals surface area contributed by atoms with Crippen molar-refractivity contribution in [1.82, 2.24) is 14.8 Å². The minimum Gasteiger partial charge on any atom is -0.339 e. The average Bonchev–Trinajstić information content (AvgIpc) is 2.99. The number of rotatable bonds is 4. The molecule has 1 aromatic carbocycles. The Morgan fingerprint density at radius 3 is 2.78 bits per heavy atom. The van der Waals surface area contributed by atoms with E-state index in [1.807, 2.05) is 11.4 Å². The Labute approximate surface area is 139 Å². The second-order valence-electron chi connectivity index (χ2n) is 5.65. The van der Waals surface area contributed by atoms with Crippen LogP contribution in [0.5, 0.6) is 0 Å². The third-order valence-corrected chi connectivity index (χ3v) is 4.82. The van der Waals surface area contributed by atoms with Gasteiger partial charge in [0.25, 0.3) is 5.91 Å². The molecule has 0 spiro atoms. The predicted molar refractivity (Wildman–Crippen MR) is 88.9 cm³/mol. The first-order chi connectivity index (χ1) is 11.2. The number of thiazole rings is 1. The van der Waals surface area contributed by atoms with Crippen LogP contribution in [0.1, 0.15) is 23.2 Å². The molecule has 1 fully saturated rings. The van der Waals surface area contributed by atoms with Gasteiger partial charge >= 0.3 is 0 Å².